The molecule has 10 atom stereocenters. The van der Waals surface area contributed by atoms with Crippen LogP contribution in [0.1, 0.15) is 44.9 Å². The molecular weight excluding hydrogens is 384 g/mol. The second-order valence-electron chi connectivity index (χ2n) is 9.22. The number of aliphatic hydroxyl groups excluding tert-OH is 6. The van der Waals surface area contributed by atoms with Crippen LogP contribution in [0.3, 0.4) is 0 Å². The van der Waals surface area contributed by atoms with Crippen molar-refractivity contribution >= 4 is 0 Å². The smallest absolute Gasteiger partial charge is 0.186 e. The molecule has 2 saturated carbocycles. The summed E-state index contributed by atoms with van der Waals surface area (Å²) in [5.41, 5.74) is 0. The van der Waals surface area contributed by atoms with Gasteiger partial charge >= 0.3 is 0 Å². The molecule has 2 saturated heterocycles. The van der Waals surface area contributed by atoms with Crippen molar-refractivity contribution < 1.29 is 44.8 Å². The van der Waals surface area contributed by atoms with Gasteiger partial charge in [0.25, 0.3) is 0 Å². The quantitative estimate of drug-likeness (QED) is 0.327. The normalized spacial score (nSPS) is 54.0. The summed E-state index contributed by atoms with van der Waals surface area (Å²) < 4.78 is 17.9. The lowest BCUT2D eigenvalue weighted by molar-refractivity contribution is -0.312. The first kappa shape index (κ1) is 21.9. The van der Waals surface area contributed by atoms with Gasteiger partial charge in [-0.05, 0) is 50.9 Å². The molecule has 29 heavy (non-hydrogen) atoms. The van der Waals surface area contributed by atoms with Crippen LogP contribution in [0.2, 0.25) is 0 Å². The van der Waals surface area contributed by atoms with E-state index in [4.69, 9.17) is 14.2 Å². The first-order valence-corrected chi connectivity index (χ1v) is 10.8. The molecule has 0 aromatic heterocycles. The predicted molar refractivity (Wildman–Crippen MR) is 98.6 cm³/mol. The summed E-state index contributed by atoms with van der Waals surface area (Å²) in [5, 5.41) is 60.3. The molecule has 9 nitrogen and oxygen atoms in total. The molecule has 0 spiro atoms. The molecule has 6 unspecified atom stereocenters. The average molecular weight is 418 g/mol. The van der Waals surface area contributed by atoms with Gasteiger partial charge in [-0.25, -0.2) is 0 Å². The number of hydrogen-bond donors (Lipinski definition) is 6. The second-order valence-corrected chi connectivity index (χ2v) is 9.22. The minimum atomic E-state index is -1.39. The van der Waals surface area contributed by atoms with Crippen LogP contribution in [0.5, 0.6) is 0 Å². The summed E-state index contributed by atoms with van der Waals surface area (Å²) in [7, 11) is 0. The Morgan fingerprint density at radius 1 is 0.724 bits per heavy atom. The summed E-state index contributed by atoms with van der Waals surface area (Å²) in [6.07, 6.45) is -3.48. The summed E-state index contributed by atoms with van der Waals surface area (Å²) in [6.45, 7) is -0.141. The molecule has 9 heteroatoms. The Bertz CT molecular complexity index is 540. The zero-order valence-corrected chi connectivity index (χ0v) is 16.5. The molecule has 2 heterocycles. The van der Waals surface area contributed by atoms with Crippen LogP contribution in [-0.4, -0.2) is 98.5 Å². The van der Waals surface area contributed by atoms with E-state index >= 15 is 0 Å². The van der Waals surface area contributed by atoms with E-state index in [1.807, 2.05) is 0 Å². The van der Waals surface area contributed by atoms with Crippen LogP contribution < -0.4 is 0 Å². The van der Waals surface area contributed by atoms with E-state index in [0.29, 0.717) is 32.1 Å². The molecule has 0 amide bonds. The molecule has 4 fully saturated rings. The van der Waals surface area contributed by atoms with Crippen molar-refractivity contribution in [2.45, 2.75) is 106 Å². The van der Waals surface area contributed by atoms with Gasteiger partial charge in [-0.15, -0.1) is 0 Å². The SMILES string of the molecule is OC1CCC(C2OC3CC(O)CC(O)C3CC2O[C@@H]2OC[C@@H](O)[C@H](O)[C@H]2O)CC1. The molecule has 4 aliphatic rings. The maximum atomic E-state index is 10.5. The van der Waals surface area contributed by atoms with Gasteiger partial charge in [0.05, 0.1) is 43.2 Å². The summed E-state index contributed by atoms with van der Waals surface area (Å²) in [4.78, 5) is 0. The molecule has 6 N–H and O–H groups in total. The van der Waals surface area contributed by atoms with Gasteiger partial charge in [0, 0.05) is 5.92 Å². The van der Waals surface area contributed by atoms with Crippen molar-refractivity contribution in [3.63, 3.8) is 0 Å². The van der Waals surface area contributed by atoms with E-state index in [2.05, 4.69) is 0 Å². The molecular formula is C20H34O9. The first-order valence-electron chi connectivity index (χ1n) is 10.8. The van der Waals surface area contributed by atoms with Crippen molar-refractivity contribution in [3.8, 4) is 0 Å². The van der Waals surface area contributed by atoms with Gasteiger partial charge in [-0.1, -0.05) is 0 Å². The van der Waals surface area contributed by atoms with Crippen LogP contribution in [-0.2, 0) is 14.2 Å². The maximum Gasteiger partial charge on any atom is 0.186 e. The van der Waals surface area contributed by atoms with Gasteiger partial charge in [-0.2, -0.15) is 0 Å². The summed E-state index contributed by atoms with van der Waals surface area (Å²) >= 11 is 0. The third-order valence-electron chi connectivity index (χ3n) is 7.16. The maximum absolute atomic E-state index is 10.5. The first-order chi connectivity index (χ1) is 13.8. The lowest BCUT2D eigenvalue weighted by atomic mass is 9.73. The highest BCUT2D eigenvalue weighted by atomic mass is 16.7. The minimum Gasteiger partial charge on any atom is -0.393 e. The van der Waals surface area contributed by atoms with Crippen LogP contribution in [0.15, 0.2) is 0 Å². The fourth-order valence-electron chi connectivity index (χ4n) is 5.45. The topological polar surface area (TPSA) is 149 Å². The Morgan fingerprint density at radius 2 is 1.45 bits per heavy atom. The van der Waals surface area contributed by atoms with Crippen molar-refractivity contribution in [2.24, 2.45) is 11.8 Å². The molecule has 0 bridgehead atoms. The van der Waals surface area contributed by atoms with Gasteiger partial charge in [0.15, 0.2) is 6.29 Å². The lowest BCUT2D eigenvalue weighted by Gasteiger charge is -2.50. The molecule has 4 rings (SSSR count). The van der Waals surface area contributed by atoms with Gasteiger partial charge in [-0.3, -0.25) is 0 Å². The summed E-state index contributed by atoms with van der Waals surface area (Å²) in [5.74, 6) is -0.0399. The van der Waals surface area contributed by atoms with Crippen molar-refractivity contribution in [1.82, 2.24) is 0 Å². The Labute approximate surface area is 170 Å². The largest absolute Gasteiger partial charge is 0.393 e. The number of fused-ring (bicyclic) bond motifs is 1. The predicted octanol–water partition coefficient (Wildman–Crippen LogP) is -1.35. The third-order valence-corrected chi connectivity index (χ3v) is 7.16. The second kappa shape index (κ2) is 9.02. The third kappa shape index (κ3) is 4.63. The van der Waals surface area contributed by atoms with Crippen molar-refractivity contribution in [3.05, 3.63) is 0 Å². The Morgan fingerprint density at radius 3 is 2.17 bits per heavy atom. The molecule has 2 aliphatic carbocycles. The van der Waals surface area contributed by atoms with Gasteiger partial charge in [0.2, 0.25) is 0 Å². The van der Waals surface area contributed by atoms with Gasteiger partial charge in [0.1, 0.15) is 18.3 Å². The van der Waals surface area contributed by atoms with E-state index in [9.17, 15) is 30.6 Å². The van der Waals surface area contributed by atoms with E-state index in [0.717, 1.165) is 12.8 Å². The molecule has 2 aliphatic heterocycles. The molecule has 0 aromatic rings. The highest BCUT2D eigenvalue weighted by Gasteiger charge is 2.50. The lowest BCUT2D eigenvalue weighted by Crippen LogP contribution is -2.59. The monoisotopic (exact) mass is 418 g/mol. The minimum absolute atomic E-state index is 0.141. The summed E-state index contributed by atoms with van der Waals surface area (Å²) in [6, 6.07) is 0. The Balaban J connectivity index is 1.50. The molecule has 168 valence electrons. The fraction of sp³-hybridized carbons (Fsp3) is 1.00. The zero-order valence-electron chi connectivity index (χ0n) is 16.5. The zero-order chi connectivity index (χ0) is 20.7. The Hall–Kier alpha value is -0.360. The number of aliphatic hydroxyl groups is 6. The molecule has 0 aromatic carbocycles. The number of rotatable bonds is 3. The number of ether oxygens (including phenoxy) is 3. The van der Waals surface area contributed by atoms with E-state index < -0.39 is 42.9 Å². The number of hydrogen-bond acceptors (Lipinski definition) is 9. The van der Waals surface area contributed by atoms with Crippen LogP contribution >= 0.6 is 0 Å². The van der Waals surface area contributed by atoms with E-state index in [1.54, 1.807) is 0 Å². The highest BCUT2D eigenvalue weighted by molar-refractivity contribution is 4.97. The van der Waals surface area contributed by atoms with Crippen molar-refractivity contribution in [2.75, 3.05) is 6.61 Å². The fourth-order valence-corrected chi connectivity index (χ4v) is 5.45. The van der Waals surface area contributed by atoms with Crippen LogP contribution in [0.25, 0.3) is 0 Å². The Kier molecular flexibility index (Phi) is 6.80. The van der Waals surface area contributed by atoms with E-state index in [1.165, 1.54) is 0 Å². The molecule has 0 radical (unpaired) electrons. The van der Waals surface area contributed by atoms with Crippen LogP contribution in [0, 0.1) is 11.8 Å². The van der Waals surface area contributed by atoms with Gasteiger partial charge < -0.3 is 44.8 Å². The van der Waals surface area contributed by atoms with Crippen molar-refractivity contribution in [1.29, 1.82) is 0 Å². The van der Waals surface area contributed by atoms with Crippen LogP contribution in [0.4, 0.5) is 0 Å². The highest BCUT2D eigenvalue weighted by Crippen LogP contribution is 2.43. The standard InChI is InChI=1S/C20H34O9/c21-10-3-1-9(2-4-10)19-16(29-20-18(26)17(25)14(24)8-27-20)7-12-13(23)5-11(22)6-15(12)28-19/h9-26H,1-8H2/t9?,10?,11?,12?,13?,14-,15?,16?,17+,18-,19?,20+/m1/s1. The average Bonchev–Trinajstić information content (AvgIpc) is 2.69. The van der Waals surface area contributed by atoms with E-state index in [-0.39, 0.29) is 36.8 Å².